The fourth-order valence-electron chi connectivity index (χ4n) is 2.02. The summed E-state index contributed by atoms with van der Waals surface area (Å²) in [6, 6.07) is 5.75. The number of benzene rings is 1. The van der Waals surface area contributed by atoms with Gasteiger partial charge >= 0.3 is 0 Å². The van der Waals surface area contributed by atoms with Gasteiger partial charge in [0.2, 0.25) is 0 Å². The summed E-state index contributed by atoms with van der Waals surface area (Å²) in [5, 5.41) is 9.43. The lowest BCUT2D eigenvalue weighted by molar-refractivity contribution is 0.472. The molecule has 0 amide bonds. The Morgan fingerprint density at radius 3 is 2.33 bits per heavy atom. The van der Waals surface area contributed by atoms with Crippen LogP contribution in [0, 0.1) is 0 Å². The van der Waals surface area contributed by atoms with E-state index in [-0.39, 0.29) is 0 Å². The second kappa shape index (κ2) is 4.88. The van der Waals surface area contributed by atoms with E-state index in [0.29, 0.717) is 5.75 Å². The highest BCUT2D eigenvalue weighted by Gasteiger charge is 2.10. The first-order valence-electron chi connectivity index (χ1n) is 5.51. The first-order valence-corrected chi connectivity index (χ1v) is 6.30. The van der Waals surface area contributed by atoms with Crippen molar-refractivity contribution in [2.75, 3.05) is 18.0 Å². The zero-order valence-corrected chi connectivity index (χ0v) is 10.3. The SMILES string of the molecule is Oc1ccc(N2CCCCCC2)cc1Br. The van der Waals surface area contributed by atoms with Crippen molar-refractivity contribution < 1.29 is 5.11 Å². The molecule has 0 unspecified atom stereocenters. The summed E-state index contributed by atoms with van der Waals surface area (Å²) in [7, 11) is 0. The molecule has 0 aliphatic carbocycles. The molecule has 3 heteroatoms. The summed E-state index contributed by atoms with van der Waals surface area (Å²) in [6.45, 7) is 2.27. The Labute approximate surface area is 99.0 Å². The average Bonchev–Trinajstić information content (AvgIpc) is 2.50. The van der Waals surface area contributed by atoms with Gasteiger partial charge in [0.1, 0.15) is 5.75 Å². The van der Waals surface area contributed by atoms with E-state index >= 15 is 0 Å². The van der Waals surface area contributed by atoms with Crippen molar-refractivity contribution in [1.82, 2.24) is 0 Å². The third-order valence-corrected chi connectivity index (χ3v) is 3.54. The maximum atomic E-state index is 9.43. The van der Waals surface area contributed by atoms with E-state index < -0.39 is 0 Å². The van der Waals surface area contributed by atoms with Crippen molar-refractivity contribution >= 4 is 21.6 Å². The molecule has 2 nitrogen and oxygen atoms in total. The molecule has 0 atom stereocenters. The molecule has 0 bridgehead atoms. The quantitative estimate of drug-likeness (QED) is 0.843. The molecule has 82 valence electrons. The molecule has 1 aromatic carbocycles. The standard InChI is InChI=1S/C12H16BrNO/c13-11-9-10(5-6-12(11)15)14-7-3-1-2-4-8-14/h5-6,9,15H,1-4,7-8H2. The Bertz CT molecular complexity index is 332. The number of nitrogens with zero attached hydrogens (tertiary/aromatic N) is 1. The molecule has 1 N–H and O–H groups in total. The molecule has 1 fully saturated rings. The van der Waals surface area contributed by atoms with Crippen molar-refractivity contribution in [3.05, 3.63) is 22.7 Å². The van der Waals surface area contributed by atoms with Crippen LogP contribution in [0.15, 0.2) is 22.7 Å². The van der Waals surface area contributed by atoms with Crippen LogP contribution >= 0.6 is 15.9 Å². The second-order valence-electron chi connectivity index (χ2n) is 4.04. The van der Waals surface area contributed by atoms with Gasteiger partial charge < -0.3 is 10.0 Å². The number of phenols is 1. The first-order chi connectivity index (χ1) is 7.27. The van der Waals surface area contributed by atoms with Gasteiger partial charge in [-0.25, -0.2) is 0 Å². The van der Waals surface area contributed by atoms with Gasteiger partial charge in [-0.05, 0) is 47.0 Å². The molecule has 2 rings (SSSR count). The minimum atomic E-state index is 0.313. The van der Waals surface area contributed by atoms with E-state index in [9.17, 15) is 5.11 Å². The van der Waals surface area contributed by atoms with Crippen molar-refractivity contribution in [3.63, 3.8) is 0 Å². The lowest BCUT2D eigenvalue weighted by Gasteiger charge is -2.22. The fraction of sp³-hybridized carbons (Fsp3) is 0.500. The predicted octanol–water partition coefficient (Wildman–Crippen LogP) is 3.54. The molecule has 0 spiro atoms. The smallest absolute Gasteiger partial charge is 0.129 e. The van der Waals surface area contributed by atoms with Crippen LogP contribution in [-0.2, 0) is 0 Å². The molecule has 1 aliphatic heterocycles. The van der Waals surface area contributed by atoms with Crippen LogP contribution in [0.5, 0.6) is 5.75 Å². The highest BCUT2D eigenvalue weighted by atomic mass is 79.9. The molecular formula is C12H16BrNO. The van der Waals surface area contributed by atoms with E-state index in [1.807, 2.05) is 12.1 Å². The summed E-state index contributed by atoms with van der Waals surface area (Å²) < 4.78 is 0.782. The number of phenolic OH excluding ortho intramolecular Hbond substituents is 1. The lowest BCUT2D eigenvalue weighted by atomic mass is 10.2. The molecule has 1 aromatic rings. The van der Waals surface area contributed by atoms with Crippen LogP contribution < -0.4 is 4.90 Å². The minimum Gasteiger partial charge on any atom is -0.507 e. The highest BCUT2D eigenvalue weighted by molar-refractivity contribution is 9.10. The number of anilines is 1. The van der Waals surface area contributed by atoms with E-state index in [1.165, 1.54) is 31.4 Å². The summed E-state index contributed by atoms with van der Waals surface area (Å²) >= 11 is 3.36. The molecule has 0 aromatic heterocycles. The lowest BCUT2D eigenvalue weighted by Crippen LogP contribution is -2.23. The van der Waals surface area contributed by atoms with E-state index in [2.05, 4.69) is 20.8 Å². The van der Waals surface area contributed by atoms with Gasteiger partial charge in [0.15, 0.2) is 0 Å². The van der Waals surface area contributed by atoms with E-state index in [1.54, 1.807) is 6.07 Å². The Hall–Kier alpha value is -0.700. The molecule has 0 radical (unpaired) electrons. The molecule has 1 aliphatic rings. The summed E-state index contributed by atoms with van der Waals surface area (Å²) in [5.74, 6) is 0.313. The van der Waals surface area contributed by atoms with Crippen LogP contribution in [0.3, 0.4) is 0 Å². The molecular weight excluding hydrogens is 254 g/mol. The number of hydrogen-bond donors (Lipinski definition) is 1. The van der Waals surface area contributed by atoms with E-state index in [4.69, 9.17) is 0 Å². The normalized spacial score (nSPS) is 17.5. The Balaban J connectivity index is 2.16. The first kappa shape index (κ1) is 10.8. The Morgan fingerprint density at radius 1 is 1.07 bits per heavy atom. The van der Waals surface area contributed by atoms with Crippen LogP contribution in [0.2, 0.25) is 0 Å². The topological polar surface area (TPSA) is 23.5 Å². The van der Waals surface area contributed by atoms with Crippen molar-refractivity contribution in [1.29, 1.82) is 0 Å². The van der Waals surface area contributed by atoms with Crippen LogP contribution in [0.4, 0.5) is 5.69 Å². The number of aromatic hydroxyl groups is 1. The predicted molar refractivity (Wildman–Crippen MR) is 66.5 cm³/mol. The fourth-order valence-corrected chi connectivity index (χ4v) is 2.39. The maximum absolute atomic E-state index is 9.43. The van der Waals surface area contributed by atoms with Gasteiger partial charge in [-0.1, -0.05) is 12.8 Å². The minimum absolute atomic E-state index is 0.313. The highest BCUT2D eigenvalue weighted by Crippen LogP contribution is 2.29. The zero-order valence-electron chi connectivity index (χ0n) is 8.75. The maximum Gasteiger partial charge on any atom is 0.129 e. The molecule has 1 saturated heterocycles. The van der Waals surface area contributed by atoms with Crippen molar-refractivity contribution in [2.24, 2.45) is 0 Å². The third-order valence-electron chi connectivity index (χ3n) is 2.90. The van der Waals surface area contributed by atoms with Crippen LogP contribution in [0.25, 0.3) is 0 Å². The zero-order chi connectivity index (χ0) is 10.7. The van der Waals surface area contributed by atoms with Gasteiger partial charge in [-0.2, -0.15) is 0 Å². The number of rotatable bonds is 1. The summed E-state index contributed by atoms with van der Waals surface area (Å²) in [4.78, 5) is 2.40. The van der Waals surface area contributed by atoms with Gasteiger partial charge in [0.05, 0.1) is 4.47 Å². The largest absolute Gasteiger partial charge is 0.507 e. The van der Waals surface area contributed by atoms with Crippen molar-refractivity contribution in [3.8, 4) is 5.75 Å². The summed E-state index contributed by atoms with van der Waals surface area (Å²) in [6.07, 6.45) is 5.24. The van der Waals surface area contributed by atoms with Gasteiger partial charge in [0.25, 0.3) is 0 Å². The Kier molecular flexibility index (Phi) is 3.52. The van der Waals surface area contributed by atoms with Gasteiger partial charge in [-0.3, -0.25) is 0 Å². The number of hydrogen-bond acceptors (Lipinski definition) is 2. The summed E-state index contributed by atoms with van der Waals surface area (Å²) in [5.41, 5.74) is 1.21. The van der Waals surface area contributed by atoms with Crippen molar-refractivity contribution in [2.45, 2.75) is 25.7 Å². The van der Waals surface area contributed by atoms with E-state index in [0.717, 1.165) is 17.6 Å². The molecule has 0 saturated carbocycles. The van der Waals surface area contributed by atoms with Crippen LogP contribution in [0.1, 0.15) is 25.7 Å². The number of halogens is 1. The molecule has 1 heterocycles. The average molecular weight is 270 g/mol. The third kappa shape index (κ3) is 2.65. The van der Waals surface area contributed by atoms with Gasteiger partial charge in [0, 0.05) is 18.8 Å². The molecule has 15 heavy (non-hydrogen) atoms. The van der Waals surface area contributed by atoms with Gasteiger partial charge in [-0.15, -0.1) is 0 Å². The monoisotopic (exact) mass is 269 g/mol. The second-order valence-corrected chi connectivity index (χ2v) is 4.89. The van der Waals surface area contributed by atoms with Crippen LogP contribution in [-0.4, -0.2) is 18.2 Å². The Morgan fingerprint density at radius 2 is 1.73 bits per heavy atom.